The van der Waals surface area contributed by atoms with Gasteiger partial charge in [-0.3, -0.25) is 0 Å². The van der Waals surface area contributed by atoms with Gasteiger partial charge in [0, 0.05) is 32.8 Å². The first-order valence-electron chi connectivity index (χ1n) is 28.6. The third-order valence-corrected chi connectivity index (χ3v) is 17.2. The first kappa shape index (κ1) is 55.3. The van der Waals surface area contributed by atoms with Crippen LogP contribution in [0.4, 0.5) is 26.3 Å². The van der Waals surface area contributed by atoms with E-state index in [0.29, 0.717) is 23.0 Å². The molecule has 2 aromatic heterocycles. The summed E-state index contributed by atoms with van der Waals surface area (Å²) >= 11 is 0. The quantitative estimate of drug-likeness (QED) is 0.140. The molecule has 0 aliphatic carbocycles. The highest BCUT2D eigenvalue weighted by Crippen LogP contribution is 2.48. The Labute approximate surface area is 495 Å². The molecule has 13 rings (SSSR count). The van der Waals surface area contributed by atoms with Crippen LogP contribution >= 0.6 is 0 Å². The lowest BCUT2D eigenvalue weighted by atomic mass is 9.88. The highest BCUT2D eigenvalue weighted by Gasteiger charge is 2.39. The second-order valence-electron chi connectivity index (χ2n) is 23.2. The largest absolute Gasteiger partial charge is 0.417 e. The number of alkyl halides is 6. The Morgan fingerprint density at radius 1 is 0.314 bits per heavy atom. The molecule has 0 aliphatic heterocycles. The number of aryl methyl sites for hydroxylation is 8. The smallest absolute Gasteiger partial charge is 0.309 e. The molecule has 0 atom stereocenters. The molecule has 0 aliphatic rings. The molecule has 9 heteroatoms. The SMILES string of the molecule is Cc1ccc(-c2ccc3c(c2)c2cc(-c4ccc(C)cc4C)ccc2n3-c2ccc(-c3ccc(C(F)(F)F)cc3C(F)(F)F)c(-c3cc(C#N)ccc3-n3c4ccc(-c5ccc(C)cc5C)cc4c4cc(-c5ccc(C)cc5C)ccc43)c2)c(C)c1. The van der Waals surface area contributed by atoms with E-state index in [4.69, 9.17) is 0 Å². The maximum absolute atomic E-state index is 15.6. The van der Waals surface area contributed by atoms with Crippen molar-refractivity contribution in [3.05, 3.63) is 261 Å². The van der Waals surface area contributed by atoms with Crippen LogP contribution in [0.3, 0.4) is 0 Å². The Bertz CT molecular complexity index is 4800. The minimum absolute atomic E-state index is 0.0243. The van der Waals surface area contributed by atoms with Gasteiger partial charge in [0.1, 0.15) is 0 Å². The number of nitrogens with zero attached hydrogens (tertiary/aromatic N) is 3. The molecule has 0 spiro atoms. The van der Waals surface area contributed by atoms with Gasteiger partial charge in [0.15, 0.2) is 0 Å². The van der Waals surface area contributed by atoms with Crippen molar-refractivity contribution in [2.75, 3.05) is 0 Å². The third-order valence-electron chi connectivity index (χ3n) is 17.2. The average Bonchev–Trinajstić information content (AvgIpc) is 1.58. The van der Waals surface area contributed by atoms with Crippen molar-refractivity contribution in [3.63, 3.8) is 0 Å². The summed E-state index contributed by atoms with van der Waals surface area (Å²) in [5, 5.41) is 14.5. The zero-order valence-corrected chi connectivity index (χ0v) is 48.7. The number of fused-ring (bicyclic) bond motifs is 6. The molecule has 11 aromatic carbocycles. The summed E-state index contributed by atoms with van der Waals surface area (Å²) in [6, 6.07) is 65.3. The Balaban J connectivity index is 1.12. The van der Waals surface area contributed by atoms with E-state index < -0.39 is 29.0 Å². The van der Waals surface area contributed by atoms with Gasteiger partial charge in [-0.15, -0.1) is 0 Å². The van der Waals surface area contributed by atoms with Gasteiger partial charge in [-0.1, -0.05) is 131 Å². The lowest BCUT2D eigenvalue weighted by Crippen LogP contribution is -2.12. The van der Waals surface area contributed by atoms with Crippen molar-refractivity contribution >= 4 is 43.6 Å². The minimum atomic E-state index is -5.20. The average molecular weight is 1140 g/mol. The lowest BCUT2D eigenvalue weighted by Gasteiger charge is -2.22. The zero-order chi connectivity index (χ0) is 60.2. The van der Waals surface area contributed by atoms with Gasteiger partial charge in [0.05, 0.1) is 50.5 Å². The molecule has 0 saturated heterocycles. The predicted octanol–water partition coefficient (Wildman–Crippen LogP) is 22.3. The zero-order valence-electron chi connectivity index (χ0n) is 48.7. The molecule has 3 nitrogen and oxygen atoms in total. The van der Waals surface area contributed by atoms with Gasteiger partial charge < -0.3 is 9.13 Å². The molecule has 13 aromatic rings. The standard InChI is InChI=1S/C77H57F6N3/c1-43-9-20-58(47(5)31-43)52-14-27-71-66(36-52)67-37-53(59-21-10-44(2)32-48(59)6)15-28-72(67)85(71)57-19-25-62(63-24-18-56(76(78,79)80)40-70(63)77(81,82)83)64(41-57)65-35-51(42-84)13-26-73(65)86-74-29-16-54(60-22-11-45(3)33-49(60)7)38-68(74)69-39-55(17-30-75(69)86)61-23-12-46(4)34-50(61)8/h9-41H,1-8H3. The van der Waals surface area contributed by atoms with Crippen molar-refractivity contribution < 1.29 is 26.3 Å². The molecule has 0 unspecified atom stereocenters. The number of rotatable bonds is 8. The molecule has 0 amide bonds. The van der Waals surface area contributed by atoms with Crippen molar-refractivity contribution in [3.8, 4) is 84.2 Å². The Morgan fingerprint density at radius 2 is 0.698 bits per heavy atom. The molecule has 0 fully saturated rings. The molecular formula is C77H57F6N3. The number of hydrogen-bond donors (Lipinski definition) is 0. The van der Waals surface area contributed by atoms with Gasteiger partial charge in [-0.25, -0.2) is 0 Å². The van der Waals surface area contributed by atoms with Gasteiger partial charge in [-0.2, -0.15) is 31.6 Å². The summed E-state index contributed by atoms with van der Waals surface area (Å²) in [4.78, 5) is 0. The molecule has 0 bridgehead atoms. The second kappa shape index (κ2) is 20.7. The normalized spacial score (nSPS) is 12.1. The van der Waals surface area contributed by atoms with Crippen LogP contribution in [0.1, 0.15) is 61.2 Å². The first-order chi connectivity index (χ1) is 41.1. The predicted molar refractivity (Wildman–Crippen MR) is 340 cm³/mol. The van der Waals surface area contributed by atoms with Crippen LogP contribution in [-0.4, -0.2) is 9.13 Å². The number of hydrogen-bond acceptors (Lipinski definition) is 1. The van der Waals surface area contributed by atoms with Crippen molar-refractivity contribution in [2.45, 2.75) is 67.7 Å². The van der Waals surface area contributed by atoms with Gasteiger partial charge in [0.25, 0.3) is 0 Å². The molecule has 86 heavy (non-hydrogen) atoms. The Kier molecular flexibility index (Phi) is 13.3. The van der Waals surface area contributed by atoms with E-state index in [1.54, 1.807) is 24.3 Å². The summed E-state index contributed by atoms with van der Waals surface area (Å²) in [6.07, 6.45) is -10.3. The van der Waals surface area contributed by atoms with E-state index in [0.717, 1.165) is 139 Å². The highest BCUT2D eigenvalue weighted by molar-refractivity contribution is 6.14. The third kappa shape index (κ3) is 9.60. The van der Waals surface area contributed by atoms with Crippen LogP contribution in [0.15, 0.2) is 200 Å². The van der Waals surface area contributed by atoms with Crippen molar-refractivity contribution in [2.24, 2.45) is 0 Å². The maximum atomic E-state index is 15.6. The van der Waals surface area contributed by atoms with Crippen LogP contribution in [0.25, 0.3) is 122 Å². The summed E-state index contributed by atoms with van der Waals surface area (Å²) in [5.74, 6) is 0. The Hall–Kier alpha value is -9.91. The number of halogens is 6. The van der Waals surface area contributed by atoms with E-state index in [2.05, 4.69) is 216 Å². The molecular weight excluding hydrogens is 1080 g/mol. The van der Waals surface area contributed by atoms with E-state index in [1.807, 2.05) is 12.1 Å². The molecule has 422 valence electrons. The fourth-order valence-electron chi connectivity index (χ4n) is 13.1. The van der Waals surface area contributed by atoms with E-state index >= 15 is 13.2 Å². The summed E-state index contributed by atoms with van der Waals surface area (Å²) in [5.41, 5.74) is 19.3. The van der Waals surface area contributed by atoms with Crippen LogP contribution in [0.5, 0.6) is 0 Å². The molecule has 0 saturated carbocycles. The maximum Gasteiger partial charge on any atom is 0.417 e. The number of aromatic nitrogens is 2. The summed E-state index contributed by atoms with van der Waals surface area (Å²) in [7, 11) is 0. The van der Waals surface area contributed by atoms with Crippen molar-refractivity contribution in [1.82, 2.24) is 9.13 Å². The van der Waals surface area contributed by atoms with Gasteiger partial charge >= 0.3 is 12.4 Å². The first-order valence-corrected chi connectivity index (χ1v) is 28.6. The number of nitriles is 1. The van der Waals surface area contributed by atoms with Crippen molar-refractivity contribution in [1.29, 1.82) is 5.26 Å². The molecule has 2 heterocycles. The topological polar surface area (TPSA) is 33.6 Å². The van der Waals surface area contributed by atoms with Crippen LogP contribution in [0.2, 0.25) is 0 Å². The van der Waals surface area contributed by atoms with Crippen LogP contribution in [-0.2, 0) is 12.4 Å². The summed E-state index contributed by atoms with van der Waals surface area (Å²) < 4.78 is 94.5. The fraction of sp³-hybridized carbons (Fsp3) is 0.130. The van der Waals surface area contributed by atoms with Crippen LogP contribution < -0.4 is 0 Å². The van der Waals surface area contributed by atoms with E-state index in [-0.39, 0.29) is 22.8 Å². The Morgan fingerprint density at radius 3 is 1.07 bits per heavy atom. The summed E-state index contributed by atoms with van der Waals surface area (Å²) in [6.45, 7) is 16.6. The van der Waals surface area contributed by atoms with E-state index in [1.165, 1.54) is 0 Å². The van der Waals surface area contributed by atoms with Crippen LogP contribution in [0, 0.1) is 66.7 Å². The highest BCUT2D eigenvalue weighted by atomic mass is 19.4. The number of benzene rings is 11. The van der Waals surface area contributed by atoms with Gasteiger partial charge in [0.2, 0.25) is 0 Å². The van der Waals surface area contributed by atoms with Gasteiger partial charge in [-0.05, 0) is 230 Å². The second-order valence-corrected chi connectivity index (χ2v) is 23.2. The monoisotopic (exact) mass is 1140 g/mol. The molecule has 0 radical (unpaired) electrons. The van der Waals surface area contributed by atoms with E-state index in [9.17, 15) is 18.4 Å². The lowest BCUT2D eigenvalue weighted by molar-refractivity contribution is -0.142. The fourth-order valence-corrected chi connectivity index (χ4v) is 13.1. The minimum Gasteiger partial charge on any atom is -0.309 e. The molecule has 0 N–H and O–H groups in total.